The average molecular weight is 645 g/mol. The number of hydrogen-bond donors (Lipinski definition) is 0. The zero-order chi connectivity index (χ0) is 31.7. The van der Waals surface area contributed by atoms with Crippen LogP contribution in [-0.4, -0.2) is 33.7 Å². The number of aromatic nitrogens is 3. The van der Waals surface area contributed by atoms with Gasteiger partial charge in [0.2, 0.25) is 11.1 Å². The number of benzene rings is 3. The lowest BCUT2D eigenvalue weighted by Crippen LogP contribution is -2.39. The smallest absolute Gasteiger partial charge is 0.338 e. The second kappa shape index (κ2) is 12.6. The summed E-state index contributed by atoms with van der Waals surface area (Å²) in [5.41, 5.74) is 1.55. The van der Waals surface area contributed by atoms with Crippen LogP contribution in [0.1, 0.15) is 37.9 Å². The maximum absolute atomic E-state index is 14.6. The predicted octanol–water partition coefficient (Wildman–Crippen LogP) is 5.73. The van der Waals surface area contributed by atoms with Gasteiger partial charge in [-0.05, 0) is 73.0 Å². The first-order chi connectivity index (χ1) is 21.8. The van der Waals surface area contributed by atoms with Crippen LogP contribution in [0.15, 0.2) is 87.9 Å². The van der Waals surface area contributed by atoms with Gasteiger partial charge in [0.15, 0.2) is 4.80 Å². The number of carbonyl (C=O) groups is 1. The fraction of sp³-hybridized carbons (Fsp3) is 0.182. The molecule has 12 heteroatoms. The molecule has 0 N–H and O–H groups in total. The molecule has 0 unspecified atom stereocenters. The van der Waals surface area contributed by atoms with Gasteiger partial charge >= 0.3 is 5.97 Å². The van der Waals surface area contributed by atoms with Gasteiger partial charge < -0.3 is 14.2 Å². The number of thiazole rings is 1. The Morgan fingerprint density at radius 3 is 2.62 bits per heavy atom. The highest BCUT2D eigenvalue weighted by atomic mass is 35.5. The number of fused-ring (bicyclic) bond motifs is 2. The second-order valence-corrected chi connectivity index (χ2v) is 11.2. The van der Waals surface area contributed by atoms with Crippen LogP contribution in [0.4, 0.5) is 4.39 Å². The third-order valence-corrected chi connectivity index (χ3v) is 8.28. The van der Waals surface area contributed by atoms with Crippen molar-refractivity contribution in [2.45, 2.75) is 26.8 Å². The monoisotopic (exact) mass is 644 g/mol. The highest BCUT2D eigenvalue weighted by molar-refractivity contribution is 7.07. The van der Waals surface area contributed by atoms with Crippen molar-refractivity contribution in [1.29, 1.82) is 0 Å². The molecule has 0 fully saturated rings. The summed E-state index contributed by atoms with van der Waals surface area (Å²) < 4.78 is 33.3. The standard InChI is InChI=1S/C33H26ClFN4O5S/c1-4-42-21-13-10-20(11-14-21)28-27(31(41)43-5-2)18(3)37-33-39(28)30(40)26(45-33)16-23-22-9-7-6-8-19(22)12-15-25(23)44-29-24(35)17-36-32(34)38-29/h6-17,28H,4-5H2,1-3H3/b26-16-/t28-/m1/s1. The zero-order valence-corrected chi connectivity index (χ0v) is 26.0. The Balaban J connectivity index is 1.56. The van der Waals surface area contributed by atoms with Gasteiger partial charge in [-0.15, -0.1) is 0 Å². The lowest BCUT2D eigenvalue weighted by Gasteiger charge is -2.24. The van der Waals surface area contributed by atoms with Crippen LogP contribution in [0.5, 0.6) is 17.4 Å². The Morgan fingerprint density at radius 1 is 1.09 bits per heavy atom. The van der Waals surface area contributed by atoms with Gasteiger partial charge in [-0.1, -0.05) is 53.8 Å². The Labute approximate surface area is 265 Å². The molecular formula is C33H26ClFN4O5S. The molecule has 0 aliphatic carbocycles. The molecule has 1 aliphatic heterocycles. The van der Waals surface area contributed by atoms with Crippen molar-refractivity contribution in [3.05, 3.63) is 120 Å². The van der Waals surface area contributed by atoms with Crippen LogP contribution in [0.2, 0.25) is 5.28 Å². The van der Waals surface area contributed by atoms with E-state index in [1.807, 2.05) is 49.4 Å². The minimum absolute atomic E-state index is 0.165. The summed E-state index contributed by atoms with van der Waals surface area (Å²) in [5, 5.41) is 1.45. The third kappa shape index (κ3) is 5.84. The topological polar surface area (TPSA) is 105 Å². The van der Waals surface area contributed by atoms with Crippen molar-refractivity contribution in [3.63, 3.8) is 0 Å². The number of rotatable bonds is 8. The summed E-state index contributed by atoms with van der Waals surface area (Å²) in [6.07, 6.45) is 2.61. The van der Waals surface area contributed by atoms with Crippen molar-refractivity contribution < 1.29 is 23.4 Å². The molecular weight excluding hydrogens is 619 g/mol. The molecule has 228 valence electrons. The van der Waals surface area contributed by atoms with Gasteiger partial charge in [0.05, 0.1) is 41.3 Å². The molecule has 5 aromatic rings. The van der Waals surface area contributed by atoms with Gasteiger partial charge in [0.25, 0.3) is 11.4 Å². The summed E-state index contributed by atoms with van der Waals surface area (Å²) in [6, 6.07) is 17.5. The van der Waals surface area contributed by atoms with Crippen molar-refractivity contribution in [2.75, 3.05) is 13.2 Å². The largest absolute Gasteiger partial charge is 0.494 e. The number of hydrogen-bond acceptors (Lipinski definition) is 9. The molecule has 0 amide bonds. The molecule has 0 saturated carbocycles. The van der Waals surface area contributed by atoms with Crippen molar-refractivity contribution in [1.82, 2.24) is 14.5 Å². The molecule has 1 aliphatic rings. The molecule has 9 nitrogen and oxygen atoms in total. The van der Waals surface area contributed by atoms with Crippen LogP contribution < -0.4 is 24.4 Å². The molecule has 1 atom stereocenters. The molecule has 0 radical (unpaired) electrons. The minimum atomic E-state index is -0.796. The van der Waals surface area contributed by atoms with E-state index in [1.165, 1.54) is 15.9 Å². The number of esters is 1. The minimum Gasteiger partial charge on any atom is -0.494 e. The first-order valence-electron chi connectivity index (χ1n) is 14.1. The van der Waals surface area contributed by atoms with Crippen LogP contribution in [0.25, 0.3) is 16.8 Å². The van der Waals surface area contributed by atoms with Crippen LogP contribution >= 0.6 is 22.9 Å². The van der Waals surface area contributed by atoms with Crippen molar-refractivity contribution >= 4 is 45.8 Å². The van der Waals surface area contributed by atoms with Gasteiger partial charge in [0.1, 0.15) is 11.5 Å². The molecule has 3 heterocycles. The van der Waals surface area contributed by atoms with Gasteiger partial charge in [-0.3, -0.25) is 9.36 Å². The normalized spacial score (nSPS) is 14.7. The quantitative estimate of drug-likeness (QED) is 0.157. The fourth-order valence-corrected chi connectivity index (χ4v) is 6.33. The van der Waals surface area contributed by atoms with E-state index in [2.05, 4.69) is 15.0 Å². The lowest BCUT2D eigenvalue weighted by atomic mass is 9.96. The summed E-state index contributed by atoms with van der Waals surface area (Å²) in [6.45, 7) is 6.00. The third-order valence-electron chi connectivity index (χ3n) is 7.12. The van der Waals surface area contributed by atoms with E-state index in [4.69, 9.17) is 25.8 Å². The van der Waals surface area contributed by atoms with Crippen molar-refractivity contribution in [3.8, 4) is 17.4 Å². The molecule has 45 heavy (non-hydrogen) atoms. The number of allylic oxidation sites excluding steroid dienone is 1. The zero-order valence-electron chi connectivity index (χ0n) is 24.4. The van der Waals surface area contributed by atoms with Gasteiger partial charge in [-0.2, -0.15) is 9.37 Å². The van der Waals surface area contributed by atoms with E-state index >= 15 is 0 Å². The Bertz CT molecular complexity index is 2160. The average Bonchev–Trinajstić information content (AvgIpc) is 3.33. The first kappa shape index (κ1) is 30.2. The molecule has 0 bridgehead atoms. The second-order valence-electron chi connectivity index (χ2n) is 9.90. The molecule has 2 aromatic heterocycles. The van der Waals surface area contributed by atoms with Crippen LogP contribution in [-0.2, 0) is 9.53 Å². The predicted molar refractivity (Wildman–Crippen MR) is 169 cm³/mol. The number of halogens is 2. The molecule has 3 aromatic carbocycles. The number of ether oxygens (including phenoxy) is 3. The first-order valence-corrected chi connectivity index (χ1v) is 15.3. The van der Waals surface area contributed by atoms with Gasteiger partial charge in [-0.25, -0.2) is 14.8 Å². The van der Waals surface area contributed by atoms with E-state index in [-0.39, 0.29) is 34.7 Å². The van der Waals surface area contributed by atoms with Crippen molar-refractivity contribution in [2.24, 2.45) is 4.99 Å². The van der Waals surface area contributed by atoms with E-state index in [1.54, 1.807) is 38.1 Å². The van der Waals surface area contributed by atoms with Crippen LogP contribution in [0, 0.1) is 5.82 Å². The SMILES string of the molecule is CCOC(=O)C1=C(C)N=c2s/c(=C\c3c(Oc4nc(Cl)ncc4F)ccc4ccccc34)c(=O)n2[C@@H]1c1ccc(OCC)cc1. The highest BCUT2D eigenvalue weighted by Gasteiger charge is 2.33. The van der Waals surface area contributed by atoms with Gasteiger partial charge in [0, 0.05) is 5.56 Å². The van der Waals surface area contributed by atoms with E-state index in [0.717, 1.165) is 17.0 Å². The van der Waals surface area contributed by atoms with E-state index < -0.39 is 17.8 Å². The van der Waals surface area contributed by atoms with E-state index in [0.29, 0.717) is 38.5 Å². The Hall–Kier alpha value is -4.87. The van der Waals surface area contributed by atoms with E-state index in [9.17, 15) is 14.0 Å². The fourth-order valence-electron chi connectivity index (χ4n) is 5.17. The summed E-state index contributed by atoms with van der Waals surface area (Å²) in [5.74, 6) is -0.791. The molecule has 0 saturated heterocycles. The summed E-state index contributed by atoms with van der Waals surface area (Å²) in [7, 11) is 0. The number of nitrogens with zero attached hydrogens (tertiary/aromatic N) is 4. The maximum Gasteiger partial charge on any atom is 0.338 e. The molecule has 0 spiro atoms. The Morgan fingerprint density at radius 2 is 1.87 bits per heavy atom. The Kier molecular flexibility index (Phi) is 8.46. The summed E-state index contributed by atoms with van der Waals surface area (Å²) in [4.78, 5) is 40.1. The summed E-state index contributed by atoms with van der Waals surface area (Å²) >= 11 is 7.07. The number of carbonyl (C=O) groups excluding carboxylic acids is 1. The highest BCUT2D eigenvalue weighted by Crippen LogP contribution is 2.34. The molecule has 6 rings (SSSR count). The maximum atomic E-state index is 14.6. The lowest BCUT2D eigenvalue weighted by molar-refractivity contribution is -0.139. The van der Waals surface area contributed by atoms with Crippen LogP contribution in [0.3, 0.4) is 0 Å².